The fourth-order valence-corrected chi connectivity index (χ4v) is 4.66. The molecule has 2 rings (SSSR count). The molecule has 0 heterocycles. The maximum absolute atomic E-state index is 14.3. The average Bonchev–Trinajstić information content (AvgIpc) is 2.84. The SMILES string of the molecule is CCCCCN(C(=O)C(CC(C)C)NC(=O)OC(C)(C)C)C(C(=O)Nc1c(C)cccc1Cl)c1ccccc1O. The fourth-order valence-electron chi connectivity index (χ4n) is 4.39. The van der Waals surface area contributed by atoms with E-state index in [4.69, 9.17) is 16.3 Å². The Morgan fingerprint density at radius 1 is 1.05 bits per heavy atom. The highest BCUT2D eigenvalue weighted by molar-refractivity contribution is 6.34. The van der Waals surface area contributed by atoms with Crippen molar-refractivity contribution in [2.75, 3.05) is 11.9 Å². The molecule has 0 spiro atoms. The number of aryl methyl sites for hydroxylation is 1. The Labute approximate surface area is 243 Å². The van der Waals surface area contributed by atoms with Gasteiger partial charge < -0.3 is 25.4 Å². The largest absolute Gasteiger partial charge is 0.508 e. The van der Waals surface area contributed by atoms with Crippen molar-refractivity contribution in [2.45, 2.75) is 91.8 Å². The predicted molar refractivity (Wildman–Crippen MR) is 160 cm³/mol. The summed E-state index contributed by atoms with van der Waals surface area (Å²) in [6.07, 6.45) is 1.99. The topological polar surface area (TPSA) is 108 Å². The van der Waals surface area contributed by atoms with Gasteiger partial charge in [-0.25, -0.2) is 4.79 Å². The number of phenols is 1. The van der Waals surface area contributed by atoms with Gasteiger partial charge in [0.2, 0.25) is 5.91 Å². The number of carbonyl (C=O) groups is 3. The maximum Gasteiger partial charge on any atom is 0.408 e. The lowest BCUT2D eigenvalue weighted by Gasteiger charge is -2.35. The summed E-state index contributed by atoms with van der Waals surface area (Å²) in [5.41, 5.74) is 0.711. The average molecular weight is 574 g/mol. The lowest BCUT2D eigenvalue weighted by atomic mass is 9.98. The Bertz CT molecular complexity index is 1140. The number of para-hydroxylation sites is 2. The molecular weight excluding hydrogens is 530 g/mol. The highest BCUT2D eigenvalue weighted by Gasteiger charge is 2.37. The lowest BCUT2D eigenvalue weighted by molar-refractivity contribution is -0.141. The minimum atomic E-state index is -1.18. The summed E-state index contributed by atoms with van der Waals surface area (Å²) in [5.74, 6) is -1.02. The molecule has 2 aromatic rings. The number of hydrogen-bond donors (Lipinski definition) is 3. The molecule has 0 aliphatic heterocycles. The third-order valence-corrected chi connectivity index (χ3v) is 6.56. The van der Waals surface area contributed by atoms with E-state index in [2.05, 4.69) is 10.6 Å². The molecular formula is C31H44ClN3O5. The second kappa shape index (κ2) is 14.9. The summed E-state index contributed by atoms with van der Waals surface area (Å²) >= 11 is 6.41. The van der Waals surface area contributed by atoms with Gasteiger partial charge in [-0.1, -0.05) is 75.5 Å². The number of halogens is 1. The van der Waals surface area contributed by atoms with Gasteiger partial charge in [0, 0.05) is 12.1 Å². The van der Waals surface area contributed by atoms with Crippen LogP contribution >= 0.6 is 11.6 Å². The first kappa shape index (κ1) is 32.9. The van der Waals surface area contributed by atoms with Crippen molar-refractivity contribution in [2.24, 2.45) is 5.92 Å². The third-order valence-electron chi connectivity index (χ3n) is 6.24. The first-order chi connectivity index (χ1) is 18.7. The first-order valence-corrected chi connectivity index (χ1v) is 14.3. The number of nitrogens with zero attached hydrogens (tertiary/aromatic N) is 1. The number of ether oxygens (including phenoxy) is 1. The molecule has 0 aliphatic rings. The van der Waals surface area contributed by atoms with E-state index in [-0.39, 0.29) is 23.8 Å². The van der Waals surface area contributed by atoms with Crippen LogP contribution in [0, 0.1) is 12.8 Å². The van der Waals surface area contributed by atoms with Gasteiger partial charge >= 0.3 is 6.09 Å². The Morgan fingerprint density at radius 3 is 2.30 bits per heavy atom. The third kappa shape index (κ3) is 9.73. The molecule has 9 heteroatoms. The molecule has 2 unspecified atom stereocenters. The summed E-state index contributed by atoms with van der Waals surface area (Å²) in [6.45, 7) is 13.3. The Kier molecular flexibility index (Phi) is 12.3. The van der Waals surface area contributed by atoms with Crippen LogP contribution in [-0.2, 0) is 14.3 Å². The van der Waals surface area contributed by atoms with Crippen molar-refractivity contribution in [3.05, 3.63) is 58.6 Å². The zero-order chi connectivity index (χ0) is 30.0. The van der Waals surface area contributed by atoms with Crippen LogP contribution in [0.3, 0.4) is 0 Å². The normalized spacial score (nSPS) is 12.9. The minimum Gasteiger partial charge on any atom is -0.508 e. The second-order valence-corrected chi connectivity index (χ2v) is 11.9. The van der Waals surface area contributed by atoms with E-state index in [1.54, 1.807) is 51.1 Å². The van der Waals surface area contributed by atoms with Crippen LogP contribution < -0.4 is 10.6 Å². The molecule has 0 aromatic heterocycles. The number of anilines is 1. The number of phenolic OH excluding ortho intramolecular Hbond substituents is 1. The molecule has 2 atom stereocenters. The number of unbranched alkanes of at least 4 members (excludes halogenated alkanes) is 2. The second-order valence-electron chi connectivity index (χ2n) is 11.4. The molecule has 40 heavy (non-hydrogen) atoms. The number of hydrogen-bond acceptors (Lipinski definition) is 5. The van der Waals surface area contributed by atoms with Gasteiger partial charge in [-0.3, -0.25) is 9.59 Å². The smallest absolute Gasteiger partial charge is 0.408 e. The quantitative estimate of drug-likeness (QED) is 0.237. The lowest BCUT2D eigenvalue weighted by Crippen LogP contribution is -2.53. The Hall–Kier alpha value is -3.26. The number of amides is 3. The van der Waals surface area contributed by atoms with Crippen LogP contribution in [-0.4, -0.2) is 46.1 Å². The van der Waals surface area contributed by atoms with Crippen molar-refractivity contribution >= 4 is 35.2 Å². The molecule has 220 valence electrons. The van der Waals surface area contributed by atoms with Gasteiger partial charge in [0.1, 0.15) is 23.4 Å². The van der Waals surface area contributed by atoms with Crippen LogP contribution in [0.2, 0.25) is 5.02 Å². The standard InChI is InChI=1S/C31H44ClN3O5/c1-8-9-12-18-35(29(38)24(19-20(2)3)33-30(39)40-31(5,6)7)27(22-15-10-11-17-25(22)36)28(37)34-26-21(4)14-13-16-23(26)32/h10-11,13-17,20,24,27,36H,8-9,12,18-19H2,1-7H3,(H,33,39)(H,34,37). The van der Waals surface area contributed by atoms with Crippen molar-refractivity contribution in [1.29, 1.82) is 0 Å². The van der Waals surface area contributed by atoms with Crippen LogP contribution in [0.4, 0.5) is 10.5 Å². The molecule has 0 saturated carbocycles. The van der Waals surface area contributed by atoms with E-state index < -0.39 is 35.6 Å². The summed E-state index contributed by atoms with van der Waals surface area (Å²) < 4.78 is 5.44. The zero-order valence-corrected chi connectivity index (χ0v) is 25.5. The molecule has 0 bridgehead atoms. The molecule has 8 nitrogen and oxygen atoms in total. The number of aromatic hydroxyl groups is 1. The minimum absolute atomic E-state index is 0.0598. The molecule has 0 fully saturated rings. The van der Waals surface area contributed by atoms with Gasteiger partial charge in [-0.15, -0.1) is 0 Å². The molecule has 0 saturated heterocycles. The number of carbonyl (C=O) groups excluding carboxylic acids is 3. The van der Waals surface area contributed by atoms with Crippen molar-refractivity contribution < 1.29 is 24.2 Å². The van der Waals surface area contributed by atoms with Crippen LogP contribution in [0.5, 0.6) is 5.75 Å². The number of rotatable bonds is 12. The summed E-state index contributed by atoms with van der Waals surface area (Å²) in [4.78, 5) is 42.5. The van der Waals surface area contributed by atoms with Gasteiger partial charge in [0.25, 0.3) is 5.91 Å². The highest BCUT2D eigenvalue weighted by Crippen LogP contribution is 2.33. The number of alkyl carbamates (subject to hydrolysis) is 1. The summed E-state index contributed by atoms with van der Waals surface area (Å²) in [5, 5.41) is 16.8. The molecule has 2 aromatic carbocycles. The molecule has 0 aliphatic carbocycles. The monoisotopic (exact) mass is 573 g/mol. The van der Waals surface area contributed by atoms with Crippen molar-refractivity contribution in [1.82, 2.24) is 10.2 Å². The van der Waals surface area contributed by atoms with Crippen molar-refractivity contribution in [3.8, 4) is 5.75 Å². The number of nitrogens with one attached hydrogen (secondary N) is 2. The molecule has 3 N–H and O–H groups in total. The summed E-state index contributed by atoms with van der Waals surface area (Å²) in [6, 6.07) is 9.62. The van der Waals surface area contributed by atoms with Crippen LogP contribution in [0.15, 0.2) is 42.5 Å². The van der Waals surface area contributed by atoms with E-state index in [0.29, 0.717) is 23.6 Å². The fraction of sp³-hybridized carbons (Fsp3) is 0.516. The van der Waals surface area contributed by atoms with E-state index in [1.807, 2.05) is 33.8 Å². The zero-order valence-electron chi connectivity index (χ0n) is 24.7. The summed E-state index contributed by atoms with van der Waals surface area (Å²) in [7, 11) is 0. The van der Waals surface area contributed by atoms with E-state index in [9.17, 15) is 19.5 Å². The molecule has 0 radical (unpaired) electrons. The van der Waals surface area contributed by atoms with E-state index in [0.717, 1.165) is 18.4 Å². The number of benzene rings is 2. The highest BCUT2D eigenvalue weighted by atomic mass is 35.5. The van der Waals surface area contributed by atoms with Gasteiger partial charge in [0.05, 0.1) is 10.7 Å². The predicted octanol–water partition coefficient (Wildman–Crippen LogP) is 6.99. The van der Waals surface area contributed by atoms with Gasteiger partial charge in [-0.2, -0.15) is 0 Å². The first-order valence-electron chi connectivity index (χ1n) is 13.9. The van der Waals surface area contributed by atoms with Gasteiger partial charge in [-0.05, 0) is 64.2 Å². The van der Waals surface area contributed by atoms with Crippen LogP contribution in [0.1, 0.15) is 84.4 Å². The molecule has 3 amide bonds. The van der Waals surface area contributed by atoms with Crippen molar-refractivity contribution in [3.63, 3.8) is 0 Å². The van der Waals surface area contributed by atoms with E-state index in [1.165, 1.54) is 11.0 Å². The Morgan fingerprint density at radius 2 is 1.73 bits per heavy atom. The van der Waals surface area contributed by atoms with Crippen LogP contribution in [0.25, 0.3) is 0 Å². The maximum atomic E-state index is 14.3. The Balaban J connectivity index is 2.59. The van der Waals surface area contributed by atoms with E-state index >= 15 is 0 Å². The van der Waals surface area contributed by atoms with Gasteiger partial charge in [0.15, 0.2) is 0 Å².